The predicted octanol–water partition coefficient (Wildman–Crippen LogP) is 2.63. The molecule has 0 N–H and O–H groups in total. The van der Waals surface area contributed by atoms with Crippen molar-refractivity contribution in [2.24, 2.45) is 0 Å². The van der Waals surface area contributed by atoms with Crippen molar-refractivity contribution in [2.75, 3.05) is 44.8 Å². The summed E-state index contributed by atoms with van der Waals surface area (Å²) in [4.78, 5) is 27.2. The van der Waals surface area contributed by atoms with Gasteiger partial charge in [0.1, 0.15) is 17.8 Å². The van der Waals surface area contributed by atoms with Crippen molar-refractivity contribution in [1.82, 2.24) is 4.90 Å². The van der Waals surface area contributed by atoms with Crippen LogP contribution in [0.1, 0.15) is 16.8 Å². The van der Waals surface area contributed by atoms with Crippen LogP contribution in [0.4, 0.5) is 5.69 Å². The Balaban J connectivity index is 1.41. The fraction of sp³-hybridized carbons (Fsp3) is 0.333. The Bertz CT molecular complexity index is 751. The molecule has 2 aromatic rings. The molecule has 1 heterocycles. The van der Waals surface area contributed by atoms with Gasteiger partial charge in [0.2, 0.25) is 5.91 Å². The van der Waals surface area contributed by atoms with Gasteiger partial charge in [-0.1, -0.05) is 0 Å². The first-order valence-corrected chi connectivity index (χ1v) is 9.04. The van der Waals surface area contributed by atoms with Gasteiger partial charge in [-0.15, -0.1) is 0 Å². The van der Waals surface area contributed by atoms with Gasteiger partial charge < -0.3 is 19.3 Å². The molecule has 1 aliphatic heterocycles. The Morgan fingerprint density at radius 1 is 0.963 bits per heavy atom. The highest BCUT2D eigenvalue weighted by Gasteiger charge is 2.21. The minimum Gasteiger partial charge on any atom is -0.497 e. The quantitative estimate of drug-likeness (QED) is 0.703. The van der Waals surface area contributed by atoms with Crippen molar-refractivity contribution in [1.29, 1.82) is 0 Å². The molecule has 0 saturated carbocycles. The number of piperazine rings is 1. The SMILES string of the molecule is COc1ccc(OCCC(=O)N2CCN(c3ccc(C=O)cc3)CC2)cc1. The van der Waals surface area contributed by atoms with Crippen LogP contribution in [0.15, 0.2) is 48.5 Å². The van der Waals surface area contributed by atoms with Gasteiger partial charge in [-0.05, 0) is 48.5 Å². The van der Waals surface area contributed by atoms with Crippen LogP contribution in [0.25, 0.3) is 0 Å². The van der Waals surface area contributed by atoms with Gasteiger partial charge in [0.05, 0.1) is 20.1 Å². The van der Waals surface area contributed by atoms with Gasteiger partial charge in [0, 0.05) is 37.4 Å². The second-order valence-corrected chi connectivity index (χ2v) is 6.35. The molecule has 142 valence electrons. The fourth-order valence-electron chi connectivity index (χ4n) is 3.06. The van der Waals surface area contributed by atoms with Crippen molar-refractivity contribution in [2.45, 2.75) is 6.42 Å². The van der Waals surface area contributed by atoms with Crippen LogP contribution < -0.4 is 14.4 Å². The van der Waals surface area contributed by atoms with E-state index in [1.807, 2.05) is 53.4 Å². The molecule has 0 radical (unpaired) electrons. The first kappa shape index (κ1) is 18.8. The first-order chi connectivity index (χ1) is 13.2. The van der Waals surface area contributed by atoms with E-state index < -0.39 is 0 Å². The number of hydrogen-bond donors (Lipinski definition) is 0. The van der Waals surface area contributed by atoms with Crippen molar-refractivity contribution in [3.8, 4) is 11.5 Å². The molecule has 0 spiro atoms. The third-order valence-electron chi connectivity index (χ3n) is 4.67. The molecule has 0 aromatic heterocycles. The van der Waals surface area contributed by atoms with E-state index in [0.717, 1.165) is 36.6 Å². The van der Waals surface area contributed by atoms with Crippen molar-refractivity contribution in [3.63, 3.8) is 0 Å². The van der Waals surface area contributed by atoms with Crippen molar-refractivity contribution in [3.05, 3.63) is 54.1 Å². The standard InChI is InChI=1S/C21H24N2O4/c1-26-19-6-8-20(9-7-19)27-15-10-21(25)23-13-11-22(12-14-23)18-4-2-17(16-24)3-5-18/h2-9,16H,10-15H2,1H3. The molecule has 6 nitrogen and oxygen atoms in total. The maximum atomic E-state index is 12.4. The topological polar surface area (TPSA) is 59.1 Å². The maximum absolute atomic E-state index is 12.4. The molecule has 1 saturated heterocycles. The van der Waals surface area contributed by atoms with Crippen LogP contribution in [0.5, 0.6) is 11.5 Å². The van der Waals surface area contributed by atoms with E-state index in [0.29, 0.717) is 31.7 Å². The first-order valence-electron chi connectivity index (χ1n) is 9.04. The van der Waals surface area contributed by atoms with Crippen molar-refractivity contribution < 1.29 is 19.1 Å². The molecule has 6 heteroatoms. The molecule has 3 rings (SSSR count). The summed E-state index contributed by atoms with van der Waals surface area (Å²) in [6.45, 7) is 3.31. The zero-order valence-corrected chi connectivity index (χ0v) is 15.5. The molecule has 1 aliphatic rings. The van der Waals surface area contributed by atoms with E-state index in [4.69, 9.17) is 9.47 Å². The molecule has 1 fully saturated rings. The third-order valence-corrected chi connectivity index (χ3v) is 4.67. The van der Waals surface area contributed by atoms with E-state index in [9.17, 15) is 9.59 Å². The molecule has 0 aliphatic carbocycles. The number of methoxy groups -OCH3 is 1. The largest absolute Gasteiger partial charge is 0.497 e. The highest BCUT2D eigenvalue weighted by molar-refractivity contribution is 5.77. The number of nitrogens with zero attached hydrogens (tertiary/aromatic N) is 2. The fourth-order valence-corrected chi connectivity index (χ4v) is 3.06. The summed E-state index contributed by atoms with van der Waals surface area (Å²) in [5.74, 6) is 1.61. The Hall–Kier alpha value is -3.02. The number of hydrogen-bond acceptors (Lipinski definition) is 5. The van der Waals surface area contributed by atoms with E-state index >= 15 is 0 Å². The Morgan fingerprint density at radius 2 is 1.59 bits per heavy atom. The molecule has 0 atom stereocenters. The van der Waals surface area contributed by atoms with Crippen LogP contribution in [0, 0.1) is 0 Å². The average Bonchev–Trinajstić information content (AvgIpc) is 2.74. The van der Waals surface area contributed by atoms with E-state index in [1.54, 1.807) is 7.11 Å². The summed E-state index contributed by atoms with van der Waals surface area (Å²) >= 11 is 0. The molecular weight excluding hydrogens is 344 g/mol. The number of anilines is 1. The second kappa shape index (κ2) is 9.07. The lowest BCUT2D eigenvalue weighted by Crippen LogP contribution is -2.49. The monoisotopic (exact) mass is 368 g/mol. The van der Waals surface area contributed by atoms with Gasteiger partial charge in [-0.25, -0.2) is 0 Å². The molecule has 0 unspecified atom stereocenters. The minimum absolute atomic E-state index is 0.111. The zero-order valence-electron chi connectivity index (χ0n) is 15.5. The number of carbonyl (C=O) groups is 2. The lowest BCUT2D eigenvalue weighted by atomic mass is 10.2. The Kier molecular flexibility index (Phi) is 6.30. The normalized spacial score (nSPS) is 14.0. The molecule has 27 heavy (non-hydrogen) atoms. The summed E-state index contributed by atoms with van der Waals surface area (Å²) < 4.78 is 10.7. The number of benzene rings is 2. The summed E-state index contributed by atoms with van der Waals surface area (Å²) in [6.07, 6.45) is 1.20. The summed E-state index contributed by atoms with van der Waals surface area (Å²) in [5.41, 5.74) is 1.75. The number of aldehydes is 1. The second-order valence-electron chi connectivity index (χ2n) is 6.35. The van der Waals surface area contributed by atoms with E-state index in [-0.39, 0.29) is 5.91 Å². The number of ether oxygens (including phenoxy) is 2. The zero-order chi connectivity index (χ0) is 19.1. The highest BCUT2D eigenvalue weighted by Crippen LogP contribution is 2.18. The molecule has 1 amide bonds. The summed E-state index contributed by atoms with van der Waals surface area (Å²) in [6, 6.07) is 14.9. The van der Waals surface area contributed by atoms with E-state index in [1.165, 1.54) is 0 Å². The van der Waals surface area contributed by atoms with Gasteiger partial charge in [-0.2, -0.15) is 0 Å². The molecular formula is C21H24N2O4. The average molecular weight is 368 g/mol. The van der Waals surface area contributed by atoms with Crippen molar-refractivity contribution >= 4 is 17.9 Å². The Labute approximate surface area is 159 Å². The van der Waals surface area contributed by atoms with E-state index in [2.05, 4.69) is 4.90 Å². The van der Waals surface area contributed by atoms with Crippen LogP contribution in [0.3, 0.4) is 0 Å². The number of amides is 1. The number of carbonyl (C=O) groups excluding carboxylic acids is 2. The summed E-state index contributed by atoms with van der Waals surface area (Å²) in [7, 11) is 1.62. The lowest BCUT2D eigenvalue weighted by Gasteiger charge is -2.36. The van der Waals surface area contributed by atoms with Crippen LogP contribution in [-0.4, -0.2) is 57.0 Å². The minimum atomic E-state index is 0.111. The van der Waals surface area contributed by atoms with Gasteiger partial charge in [-0.3, -0.25) is 9.59 Å². The van der Waals surface area contributed by atoms with Gasteiger partial charge in [0.25, 0.3) is 0 Å². The highest BCUT2D eigenvalue weighted by atomic mass is 16.5. The van der Waals surface area contributed by atoms with Gasteiger partial charge in [0.15, 0.2) is 0 Å². The van der Waals surface area contributed by atoms with Gasteiger partial charge >= 0.3 is 0 Å². The Morgan fingerprint density at radius 3 is 2.19 bits per heavy atom. The number of rotatable bonds is 7. The summed E-state index contributed by atoms with van der Waals surface area (Å²) in [5, 5.41) is 0. The van der Waals surface area contributed by atoms with Crippen LogP contribution >= 0.6 is 0 Å². The van der Waals surface area contributed by atoms with Crippen LogP contribution in [-0.2, 0) is 4.79 Å². The third kappa shape index (κ3) is 5.00. The maximum Gasteiger partial charge on any atom is 0.226 e. The molecule has 0 bridgehead atoms. The lowest BCUT2D eigenvalue weighted by molar-refractivity contribution is -0.132. The molecule has 2 aromatic carbocycles. The smallest absolute Gasteiger partial charge is 0.226 e. The predicted molar refractivity (Wildman–Crippen MR) is 104 cm³/mol. The van der Waals surface area contributed by atoms with Crippen LogP contribution in [0.2, 0.25) is 0 Å².